The lowest BCUT2D eigenvalue weighted by Gasteiger charge is -2.28. The van der Waals surface area contributed by atoms with E-state index in [4.69, 9.17) is 0 Å². The van der Waals surface area contributed by atoms with Gasteiger partial charge in [0.15, 0.2) is 0 Å². The van der Waals surface area contributed by atoms with Crippen LogP contribution in [-0.4, -0.2) is 22.7 Å². The van der Waals surface area contributed by atoms with Gasteiger partial charge in [-0.3, -0.25) is 0 Å². The minimum Gasteiger partial charge on any atom is -0.508 e. The van der Waals surface area contributed by atoms with Crippen LogP contribution in [-0.2, 0) is 6.54 Å². The molecule has 0 unspecified atom stereocenters. The molecule has 1 aromatic rings. The van der Waals surface area contributed by atoms with Gasteiger partial charge in [0.05, 0.1) is 0 Å². The molecule has 0 atom stereocenters. The molecule has 100 valence electrons. The predicted molar refractivity (Wildman–Crippen MR) is 74.5 cm³/mol. The third-order valence-corrected chi connectivity index (χ3v) is 4.77. The maximum atomic E-state index is 13.1. The second-order valence-electron chi connectivity index (χ2n) is 4.86. The van der Waals surface area contributed by atoms with Crippen molar-refractivity contribution < 1.29 is 9.50 Å². The molecule has 2 N–H and O–H groups in total. The molecule has 2 nitrogen and oxygen atoms in total. The molecule has 4 heteroatoms. The first-order chi connectivity index (χ1) is 8.69. The fourth-order valence-electron chi connectivity index (χ4n) is 2.45. The molecule has 0 heterocycles. The molecule has 1 aromatic carbocycles. The number of thioether (sulfide) groups is 1. The van der Waals surface area contributed by atoms with Crippen LogP contribution in [0.15, 0.2) is 18.2 Å². The number of hydrogen-bond acceptors (Lipinski definition) is 3. The molecule has 18 heavy (non-hydrogen) atoms. The largest absolute Gasteiger partial charge is 0.508 e. The van der Waals surface area contributed by atoms with Crippen molar-refractivity contribution in [3.63, 3.8) is 0 Å². The number of rotatable bonds is 4. The molecular weight excluding hydrogens is 249 g/mol. The van der Waals surface area contributed by atoms with Crippen molar-refractivity contribution in [1.82, 2.24) is 5.32 Å². The summed E-state index contributed by atoms with van der Waals surface area (Å²) in [6, 6.07) is 4.59. The second-order valence-corrected chi connectivity index (χ2v) is 6.00. The summed E-state index contributed by atoms with van der Waals surface area (Å²) in [5.41, 5.74) is 0.641. The van der Waals surface area contributed by atoms with Gasteiger partial charge in [-0.2, -0.15) is 11.8 Å². The van der Waals surface area contributed by atoms with E-state index in [1.807, 2.05) is 11.8 Å². The van der Waals surface area contributed by atoms with Crippen LogP contribution >= 0.6 is 11.8 Å². The van der Waals surface area contributed by atoms with E-state index in [2.05, 4.69) is 11.6 Å². The minimum absolute atomic E-state index is 0.168. The Labute approximate surface area is 112 Å². The lowest BCUT2D eigenvalue weighted by Crippen LogP contribution is -2.33. The molecule has 1 aliphatic carbocycles. The number of phenols is 1. The highest BCUT2D eigenvalue weighted by Gasteiger charge is 2.20. The van der Waals surface area contributed by atoms with Gasteiger partial charge in [0.2, 0.25) is 0 Å². The Bertz CT molecular complexity index is 391. The van der Waals surface area contributed by atoms with Gasteiger partial charge in [0.1, 0.15) is 11.6 Å². The minimum atomic E-state index is -0.296. The van der Waals surface area contributed by atoms with Gasteiger partial charge < -0.3 is 10.4 Å². The zero-order valence-corrected chi connectivity index (χ0v) is 11.5. The Morgan fingerprint density at radius 3 is 2.72 bits per heavy atom. The Hall–Kier alpha value is -0.740. The zero-order valence-electron chi connectivity index (χ0n) is 10.7. The molecule has 1 saturated carbocycles. The van der Waals surface area contributed by atoms with Crippen LogP contribution in [0.25, 0.3) is 0 Å². The number of hydrogen-bond donors (Lipinski definition) is 2. The molecule has 1 fully saturated rings. The summed E-state index contributed by atoms with van der Waals surface area (Å²) in [6.07, 6.45) is 6.99. The molecule has 0 saturated heterocycles. The average molecular weight is 269 g/mol. The van der Waals surface area contributed by atoms with Crippen molar-refractivity contribution in [2.45, 2.75) is 43.5 Å². The standard InChI is InChI=1S/C14H20FNOS/c1-18-13-5-3-12(4-6-13)16-9-10-8-11(15)2-7-14(10)17/h2,7-8,12-13,16-17H,3-6,9H2,1H3. The van der Waals surface area contributed by atoms with Crippen molar-refractivity contribution in [3.8, 4) is 5.75 Å². The van der Waals surface area contributed by atoms with Crippen molar-refractivity contribution in [2.75, 3.05) is 6.26 Å². The van der Waals surface area contributed by atoms with E-state index < -0.39 is 0 Å². The Morgan fingerprint density at radius 1 is 1.33 bits per heavy atom. The van der Waals surface area contributed by atoms with E-state index in [0.29, 0.717) is 18.2 Å². The fraction of sp³-hybridized carbons (Fsp3) is 0.571. The summed E-state index contributed by atoms with van der Waals surface area (Å²) < 4.78 is 13.1. The van der Waals surface area contributed by atoms with Gasteiger partial charge in [-0.15, -0.1) is 0 Å². The lowest BCUT2D eigenvalue weighted by atomic mass is 9.95. The first-order valence-electron chi connectivity index (χ1n) is 6.42. The number of halogens is 1. The van der Waals surface area contributed by atoms with Crippen LogP contribution in [0, 0.1) is 5.82 Å². The van der Waals surface area contributed by atoms with Gasteiger partial charge in [0.25, 0.3) is 0 Å². The van der Waals surface area contributed by atoms with E-state index in [1.165, 1.54) is 43.9 Å². The summed E-state index contributed by atoms with van der Waals surface area (Å²) >= 11 is 1.95. The van der Waals surface area contributed by atoms with Crippen LogP contribution in [0.1, 0.15) is 31.2 Å². The van der Waals surface area contributed by atoms with Crippen molar-refractivity contribution >= 4 is 11.8 Å². The van der Waals surface area contributed by atoms with Gasteiger partial charge in [-0.25, -0.2) is 4.39 Å². The predicted octanol–water partition coefficient (Wildman–Crippen LogP) is 3.30. The third kappa shape index (κ3) is 3.62. The number of phenolic OH excluding ortho intramolecular Hbond substituents is 1. The summed E-state index contributed by atoms with van der Waals surface area (Å²) in [5, 5.41) is 13.8. The molecule has 0 aliphatic heterocycles. The molecule has 0 spiro atoms. The van der Waals surface area contributed by atoms with Crippen LogP contribution in [0.2, 0.25) is 0 Å². The Kier molecular flexibility index (Phi) is 4.89. The highest BCUT2D eigenvalue weighted by molar-refractivity contribution is 7.99. The molecule has 0 bridgehead atoms. The summed E-state index contributed by atoms with van der Waals surface area (Å²) in [7, 11) is 0. The third-order valence-electron chi connectivity index (χ3n) is 3.63. The number of nitrogens with one attached hydrogen (secondary N) is 1. The fourth-order valence-corrected chi connectivity index (χ4v) is 3.20. The van der Waals surface area contributed by atoms with Gasteiger partial charge >= 0.3 is 0 Å². The van der Waals surface area contributed by atoms with Crippen molar-refractivity contribution in [1.29, 1.82) is 0 Å². The van der Waals surface area contributed by atoms with E-state index in [9.17, 15) is 9.50 Å². The molecule has 0 amide bonds. The lowest BCUT2D eigenvalue weighted by molar-refractivity contribution is 0.374. The summed E-state index contributed by atoms with van der Waals surface area (Å²) in [5.74, 6) is -0.127. The number of benzene rings is 1. The normalized spacial score (nSPS) is 24.1. The van der Waals surface area contributed by atoms with E-state index in [0.717, 1.165) is 5.25 Å². The smallest absolute Gasteiger partial charge is 0.123 e. The average Bonchev–Trinajstić information content (AvgIpc) is 2.40. The van der Waals surface area contributed by atoms with Gasteiger partial charge in [-0.1, -0.05) is 0 Å². The second kappa shape index (κ2) is 6.43. The van der Waals surface area contributed by atoms with Crippen molar-refractivity contribution in [3.05, 3.63) is 29.6 Å². The Morgan fingerprint density at radius 2 is 2.06 bits per heavy atom. The Balaban J connectivity index is 1.83. The van der Waals surface area contributed by atoms with Gasteiger partial charge in [-0.05, 0) is 50.1 Å². The molecule has 2 rings (SSSR count). The maximum Gasteiger partial charge on any atom is 0.123 e. The molecule has 0 aromatic heterocycles. The van der Waals surface area contributed by atoms with E-state index >= 15 is 0 Å². The van der Waals surface area contributed by atoms with Crippen LogP contribution < -0.4 is 5.32 Å². The zero-order chi connectivity index (χ0) is 13.0. The molecule has 1 aliphatic rings. The summed E-state index contributed by atoms with van der Waals surface area (Å²) in [4.78, 5) is 0. The highest BCUT2D eigenvalue weighted by atomic mass is 32.2. The van der Waals surface area contributed by atoms with Crippen LogP contribution in [0.3, 0.4) is 0 Å². The maximum absolute atomic E-state index is 13.1. The van der Waals surface area contributed by atoms with Crippen LogP contribution in [0.5, 0.6) is 5.75 Å². The SMILES string of the molecule is CSC1CCC(NCc2cc(F)ccc2O)CC1. The number of aromatic hydroxyl groups is 1. The van der Waals surface area contributed by atoms with Crippen LogP contribution in [0.4, 0.5) is 4.39 Å². The van der Waals surface area contributed by atoms with E-state index in [1.54, 1.807) is 0 Å². The highest BCUT2D eigenvalue weighted by Crippen LogP contribution is 2.27. The van der Waals surface area contributed by atoms with E-state index in [-0.39, 0.29) is 11.6 Å². The first-order valence-corrected chi connectivity index (χ1v) is 7.71. The van der Waals surface area contributed by atoms with Gasteiger partial charge in [0, 0.05) is 23.4 Å². The molecule has 0 radical (unpaired) electrons. The summed E-state index contributed by atoms with van der Waals surface area (Å²) in [6.45, 7) is 0.540. The monoisotopic (exact) mass is 269 g/mol. The quantitative estimate of drug-likeness (QED) is 0.879. The first kappa shape index (κ1) is 13.7. The molecular formula is C14H20FNOS. The topological polar surface area (TPSA) is 32.3 Å². The van der Waals surface area contributed by atoms with Crippen molar-refractivity contribution in [2.24, 2.45) is 0 Å².